The van der Waals surface area contributed by atoms with Crippen LogP contribution in [0.25, 0.3) is 0 Å². The van der Waals surface area contributed by atoms with Gasteiger partial charge in [0, 0.05) is 42.5 Å². The predicted molar refractivity (Wildman–Crippen MR) is 148 cm³/mol. The van der Waals surface area contributed by atoms with Crippen LogP contribution >= 0.6 is 15.9 Å². The first-order valence-corrected chi connectivity index (χ1v) is 14.2. The average molecular weight is 590 g/mol. The van der Waals surface area contributed by atoms with Gasteiger partial charge in [-0.2, -0.15) is 0 Å². The molecule has 37 heavy (non-hydrogen) atoms. The fraction of sp³-hybridized carbons (Fsp3) is 0.519. The van der Waals surface area contributed by atoms with Gasteiger partial charge in [-0.1, -0.05) is 17.9 Å². The number of anilines is 1. The van der Waals surface area contributed by atoms with Crippen LogP contribution in [0.5, 0.6) is 0 Å². The molecule has 0 amide bonds. The van der Waals surface area contributed by atoms with E-state index in [2.05, 4.69) is 59.5 Å². The molecule has 1 spiro atoms. The topological polar surface area (TPSA) is 99.6 Å². The lowest BCUT2D eigenvalue weighted by atomic mass is 9.73. The summed E-state index contributed by atoms with van der Waals surface area (Å²) in [6, 6.07) is 6.25. The summed E-state index contributed by atoms with van der Waals surface area (Å²) in [4.78, 5) is 23.3. The maximum absolute atomic E-state index is 13.3. The Labute approximate surface area is 230 Å². The minimum Gasteiger partial charge on any atom is -0.598 e. The molecule has 1 fully saturated rings. The number of hydrogen-bond acceptors (Lipinski definition) is 8. The van der Waals surface area contributed by atoms with Crippen molar-refractivity contribution >= 4 is 39.1 Å². The maximum Gasteiger partial charge on any atom is 0.360 e. The van der Waals surface area contributed by atoms with Crippen molar-refractivity contribution in [1.29, 1.82) is 0 Å². The molecule has 2 aromatic rings. The molecule has 1 aliphatic carbocycles. The smallest absolute Gasteiger partial charge is 0.360 e. The fourth-order valence-corrected chi connectivity index (χ4v) is 6.28. The number of benzene rings is 1. The van der Waals surface area contributed by atoms with E-state index >= 15 is 0 Å². The van der Waals surface area contributed by atoms with Crippen molar-refractivity contribution in [2.45, 2.75) is 50.8 Å². The zero-order valence-electron chi connectivity index (χ0n) is 21.9. The Balaban J connectivity index is 1.63. The zero-order chi connectivity index (χ0) is 26.8. The molecule has 0 unspecified atom stereocenters. The number of ether oxygens (including phenoxy) is 2. The predicted octanol–water partition coefficient (Wildman–Crippen LogP) is 3.96. The van der Waals surface area contributed by atoms with Gasteiger partial charge in [0.2, 0.25) is 0 Å². The summed E-state index contributed by atoms with van der Waals surface area (Å²) in [7, 11) is 2.97. The highest BCUT2D eigenvalue weighted by atomic mass is 79.9. The molecule has 1 aromatic carbocycles. The Morgan fingerprint density at radius 2 is 2.05 bits per heavy atom. The molecular weight excluding hydrogens is 556 g/mol. The first-order chi connectivity index (χ1) is 17.6. The van der Waals surface area contributed by atoms with Crippen LogP contribution in [0, 0.1) is 17.3 Å². The number of esters is 1. The number of hydrogen-bond donors (Lipinski definition) is 1. The van der Waals surface area contributed by atoms with Gasteiger partial charge >= 0.3 is 5.97 Å². The van der Waals surface area contributed by atoms with E-state index in [1.807, 2.05) is 26.8 Å². The molecule has 1 saturated heterocycles. The van der Waals surface area contributed by atoms with Crippen LogP contribution in [0.1, 0.15) is 66.8 Å². The van der Waals surface area contributed by atoms with Crippen LogP contribution < -0.4 is 9.62 Å². The molecule has 8 nitrogen and oxygen atoms in total. The van der Waals surface area contributed by atoms with Gasteiger partial charge in [-0.15, -0.1) is 4.72 Å². The quantitative estimate of drug-likeness (QED) is 0.318. The lowest BCUT2D eigenvalue weighted by Crippen LogP contribution is -2.50. The molecule has 0 bridgehead atoms. The van der Waals surface area contributed by atoms with E-state index in [1.54, 1.807) is 13.3 Å². The number of methoxy groups -OCH3 is 2. The molecule has 1 aliphatic heterocycles. The number of carbonyl (C=O) groups is 1. The second-order valence-corrected chi connectivity index (χ2v) is 13.3. The largest absolute Gasteiger partial charge is 0.598 e. The molecular formula is C27H33BrN4O4S. The molecule has 0 saturated carbocycles. The highest BCUT2D eigenvalue weighted by Crippen LogP contribution is 2.53. The van der Waals surface area contributed by atoms with Crippen molar-refractivity contribution in [1.82, 2.24) is 14.7 Å². The number of nitrogens with zero attached hydrogens (tertiary/aromatic N) is 3. The first-order valence-electron chi connectivity index (χ1n) is 12.2. The van der Waals surface area contributed by atoms with Crippen LogP contribution in [0.4, 0.5) is 5.82 Å². The summed E-state index contributed by atoms with van der Waals surface area (Å²) >= 11 is 2.06. The maximum atomic E-state index is 13.3. The number of aromatic nitrogens is 2. The summed E-state index contributed by atoms with van der Waals surface area (Å²) in [6.07, 6.45) is 4.16. The Hall–Kier alpha value is -2.16. The molecule has 2 heterocycles. The van der Waals surface area contributed by atoms with Gasteiger partial charge in [-0.25, -0.2) is 14.8 Å². The lowest BCUT2D eigenvalue weighted by Gasteiger charge is -2.44. The minimum atomic E-state index is -1.24. The summed E-state index contributed by atoms with van der Waals surface area (Å²) < 4.78 is 26.9. The molecule has 1 N–H and O–H groups in total. The average Bonchev–Trinajstić information content (AvgIpc) is 3.15. The second kappa shape index (κ2) is 11.3. The van der Waals surface area contributed by atoms with Crippen LogP contribution in [-0.2, 0) is 27.3 Å². The van der Waals surface area contributed by atoms with Gasteiger partial charge in [0.15, 0.2) is 11.5 Å². The summed E-state index contributed by atoms with van der Waals surface area (Å²) in [6.45, 7) is 7.70. The summed E-state index contributed by atoms with van der Waals surface area (Å²) in [5, 5.41) is 0. The van der Waals surface area contributed by atoms with E-state index in [0.717, 1.165) is 30.4 Å². The minimum absolute atomic E-state index is 0.0787. The Bertz CT molecular complexity index is 1220. The highest BCUT2D eigenvalue weighted by Gasteiger charge is 2.51. The van der Waals surface area contributed by atoms with Crippen molar-refractivity contribution in [3.63, 3.8) is 0 Å². The monoisotopic (exact) mass is 588 g/mol. The third-order valence-electron chi connectivity index (χ3n) is 7.00. The van der Waals surface area contributed by atoms with Gasteiger partial charge < -0.3 is 18.9 Å². The van der Waals surface area contributed by atoms with Gasteiger partial charge in [0.05, 0.1) is 19.3 Å². The number of carbonyl (C=O) groups excluding carboxylic acids is 1. The molecule has 0 radical (unpaired) electrons. The van der Waals surface area contributed by atoms with E-state index in [4.69, 9.17) is 9.47 Å². The standard InChI is InChI=1S/C27H33BrN4O4S/c1-26(2,3)37(34)31-23-20-15-18(7-6-14-35-4)8-9-19(20)16-27(23)10-12-32(13-11-27)24-22(25(33)36-5)30-21(28)17-29-24/h8-9,15,17,23,31H,10-14,16H2,1-5H3/t23-,37-/m1/s1. The molecule has 198 valence electrons. The summed E-state index contributed by atoms with van der Waals surface area (Å²) in [5.41, 5.74) is 3.42. The van der Waals surface area contributed by atoms with Gasteiger partial charge in [-0.05, 0) is 79.2 Å². The summed E-state index contributed by atoms with van der Waals surface area (Å²) in [5.74, 6) is 6.22. The molecule has 2 aliphatic rings. The molecule has 4 rings (SSSR count). The fourth-order valence-electron chi connectivity index (χ4n) is 5.05. The first kappa shape index (κ1) is 27.9. The van der Waals surface area contributed by atoms with Gasteiger partial charge in [-0.3, -0.25) is 0 Å². The van der Waals surface area contributed by atoms with Crippen molar-refractivity contribution in [2.24, 2.45) is 5.41 Å². The molecule has 2 atom stereocenters. The van der Waals surface area contributed by atoms with Crippen LogP contribution in [0.3, 0.4) is 0 Å². The van der Waals surface area contributed by atoms with E-state index in [9.17, 15) is 9.35 Å². The van der Waals surface area contributed by atoms with Crippen LogP contribution in [0.15, 0.2) is 29.0 Å². The van der Waals surface area contributed by atoms with Gasteiger partial charge in [0.25, 0.3) is 0 Å². The van der Waals surface area contributed by atoms with E-state index < -0.39 is 22.1 Å². The third-order valence-corrected chi connectivity index (χ3v) is 8.95. The van der Waals surface area contributed by atoms with E-state index in [1.165, 1.54) is 12.7 Å². The SMILES string of the molecule is COCC#Cc1ccc2c(c1)[C@@H](N[S@+]([O-])C(C)(C)C)C1(CCN(c3ncc(Br)nc3C(=O)OC)CC1)C2. The Kier molecular flexibility index (Phi) is 8.51. The molecule has 1 aromatic heterocycles. The van der Waals surface area contributed by atoms with Gasteiger partial charge in [0.1, 0.15) is 16.0 Å². The lowest BCUT2D eigenvalue weighted by molar-refractivity contribution is 0.0593. The van der Waals surface area contributed by atoms with Crippen molar-refractivity contribution in [3.05, 3.63) is 51.4 Å². The van der Waals surface area contributed by atoms with Crippen molar-refractivity contribution in [2.75, 3.05) is 38.8 Å². The highest BCUT2D eigenvalue weighted by molar-refractivity contribution is 9.10. The second-order valence-electron chi connectivity index (χ2n) is 10.5. The number of nitrogens with one attached hydrogen (secondary N) is 1. The number of halogens is 1. The zero-order valence-corrected chi connectivity index (χ0v) is 24.3. The Morgan fingerprint density at radius 1 is 1.32 bits per heavy atom. The number of rotatable bonds is 5. The van der Waals surface area contributed by atoms with E-state index in [-0.39, 0.29) is 17.2 Å². The number of fused-ring (bicyclic) bond motifs is 1. The van der Waals surface area contributed by atoms with Crippen molar-refractivity contribution in [3.8, 4) is 11.8 Å². The third kappa shape index (κ3) is 5.96. The molecule has 10 heteroatoms. The van der Waals surface area contributed by atoms with E-state index in [0.29, 0.717) is 30.1 Å². The van der Waals surface area contributed by atoms with Crippen LogP contribution in [0.2, 0.25) is 0 Å². The normalized spacial score (nSPS) is 19.2. The Morgan fingerprint density at radius 3 is 2.70 bits per heavy atom. The van der Waals surface area contributed by atoms with Crippen molar-refractivity contribution < 1.29 is 18.8 Å². The van der Waals surface area contributed by atoms with Crippen LogP contribution in [-0.4, -0.2) is 59.2 Å². The number of piperidine rings is 1.